The van der Waals surface area contributed by atoms with E-state index in [4.69, 9.17) is 10.5 Å². The van der Waals surface area contributed by atoms with Gasteiger partial charge in [-0.25, -0.2) is 0 Å². The van der Waals surface area contributed by atoms with Gasteiger partial charge >= 0.3 is 0 Å². The quantitative estimate of drug-likeness (QED) is 0.807. The summed E-state index contributed by atoms with van der Waals surface area (Å²) in [5.74, 6) is 0.270. The third kappa shape index (κ3) is 4.44. The third-order valence-electron chi connectivity index (χ3n) is 3.98. The van der Waals surface area contributed by atoms with Crippen molar-refractivity contribution in [2.75, 3.05) is 39.3 Å². The Morgan fingerprint density at radius 1 is 1.21 bits per heavy atom. The topological polar surface area (TPSA) is 58.8 Å². The summed E-state index contributed by atoms with van der Waals surface area (Å²) in [7, 11) is 0. The Kier molecular flexibility index (Phi) is 5.60. The van der Waals surface area contributed by atoms with E-state index in [-0.39, 0.29) is 18.1 Å². The van der Waals surface area contributed by atoms with Gasteiger partial charge in [-0.3, -0.25) is 9.69 Å². The fourth-order valence-electron chi connectivity index (χ4n) is 3.01. The average Bonchev–Trinajstić information content (AvgIpc) is 2.66. The number of ether oxygens (including phenoxy) is 1. The first-order valence-corrected chi connectivity index (χ1v) is 7.54. The predicted molar refractivity (Wildman–Crippen MR) is 74.9 cm³/mol. The molecule has 2 atom stereocenters. The summed E-state index contributed by atoms with van der Waals surface area (Å²) < 4.78 is 5.72. The van der Waals surface area contributed by atoms with Gasteiger partial charge in [0.25, 0.3) is 0 Å². The number of morpholine rings is 1. The fraction of sp³-hybridized carbons (Fsp3) is 0.929. The number of rotatable bonds is 3. The SMILES string of the molecule is CC1CN(CC(=O)N2CCCCCC2)CC(CN)O1. The lowest BCUT2D eigenvalue weighted by Crippen LogP contribution is -2.52. The molecule has 2 N–H and O–H groups in total. The molecule has 0 radical (unpaired) electrons. The van der Waals surface area contributed by atoms with Crippen LogP contribution in [0, 0.1) is 0 Å². The van der Waals surface area contributed by atoms with Gasteiger partial charge in [0.1, 0.15) is 0 Å². The van der Waals surface area contributed by atoms with Crippen LogP contribution in [0.3, 0.4) is 0 Å². The number of hydrogen-bond acceptors (Lipinski definition) is 4. The number of hydrogen-bond donors (Lipinski definition) is 1. The number of amides is 1. The monoisotopic (exact) mass is 269 g/mol. The second-order valence-electron chi connectivity index (χ2n) is 5.79. The largest absolute Gasteiger partial charge is 0.371 e. The molecule has 2 aliphatic rings. The fourth-order valence-corrected chi connectivity index (χ4v) is 3.01. The summed E-state index contributed by atoms with van der Waals surface area (Å²) in [6.45, 7) is 6.56. The van der Waals surface area contributed by atoms with Crippen LogP contribution in [0.25, 0.3) is 0 Å². The minimum atomic E-state index is 0.0701. The number of likely N-dealkylation sites (tertiary alicyclic amines) is 1. The van der Waals surface area contributed by atoms with Gasteiger partial charge in [-0.05, 0) is 19.8 Å². The molecule has 5 nitrogen and oxygen atoms in total. The van der Waals surface area contributed by atoms with Gasteiger partial charge in [0.15, 0.2) is 0 Å². The van der Waals surface area contributed by atoms with Crippen molar-refractivity contribution >= 4 is 5.91 Å². The van der Waals surface area contributed by atoms with E-state index in [9.17, 15) is 4.79 Å². The molecule has 2 unspecified atom stereocenters. The molecular weight excluding hydrogens is 242 g/mol. The van der Waals surface area contributed by atoms with Crippen LogP contribution >= 0.6 is 0 Å². The lowest BCUT2D eigenvalue weighted by atomic mass is 10.2. The van der Waals surface area contributed by atoms with Crippen LogP contribution in [0.1, 0.15) is 32.6 Å². The maximum absolute atomic E-state index is 12.3. The highest BCUT2D eigenvalue weighted by Crippen LogP contribution is 2.13. The number of nitrogens with two attached hydrogens (primary N) is 1. The molecule has 0 spiro atoms. The molecule has 2 aliphatic heterocycles. The summed E-state index contributed by atoms with van der Waals surface area (Å²) >= 11 is 0. The summed E-state index contributed by atoms with van der Waals surface area (Å²) in [6.07, 6.45) is 5.05. The summed E-state index contributed by atoms with van der Waals surface area (Å²) in [5, 5.41) is 0. The molecule has 0 aliphatic carbocycles. The van der Waals surface area contributed by atoms with Gasteiger partial charge in [0, 0.05) is 32.7 Å². The Balaban J connectivity index is 1.83. The molecule has 5 heteroatoms. The molecule has 2 heterocycles. The minimum absolute atomic E-state index is 0.0701. The molecule has 1 amide bonds. The molecule has 0 saturated carbocycles. The second-order valence-corrected chi connectivity index (χ2v) is 5.79. The highest BCUT2D eigenvalue weighted by Gasteiger charge is 2.27. The zero-order valence-corrected chi connectivity index (χ0v) is 12.0. The van der Waals surface area contributed by atoms with Gasteiger partial charge in [-0.1, -0.05) is 12.8 Å². The molecule has 0 bridgehead atoms. The zero-order valence-electron chi connectivity index (χ0n) is 12.0. The third-order valence-corrected chi connectivity index (χ3v) is 3.98. The van der Waals surface area contributed by atoms with E-state index in [0.29, 0.717) is 13.1 Å². The van der Waals surface area contributed by atoms with Crippen molar-refractivity contribution in [2.24, 2.45) is 5.73 Å². The second kappa shape index (κ2) is 7.22. The molecule has 2 rings (SSSR count). The Bertz CT molecular complexity index is 290. The summed E-state index contributed by atoms with van der Waals surface area (Å²) in [4.78, 5) is 16.6. The number of nitrogens with zero attached hydrogens (tertiary/aromatic N) is 2. The normalized spacial score (nSPS) is 30.1. The van der Waals surface area contributed by atoms with Crippen LogP contribution in [0.4, 0.5) is 0 Å². The van der Waals surface area contributed by atoms with E-state index in [1.807, 2.05) is 11.8 Å². The lowest BCUT2D eigenvalue weighted by Gasteiger charge is -2.36. The first-order chi connectivity index (χ1) is 9.19. The predicted octanol–water partition coefficient (Wildman–Crippen LogP) is 0.437. The molecular formula is C14H27N3O2. The van der Waals surface area contributed by atoms with Crippen molar-refractivity contribution in [1.82, 2.24) is 9.80 Å². The number of carbonyl (C=O) groups is 1. The van der Waals surface area contributed by atoms with Crippen molar-refractivity contribution in [3.63, 3.8) is 0 Å². The van der Waals surface area contributed by atoms with E-state index >= 15 is 0 Å². The highest BCUT2D eigenvalue weighted by atomic mass is 16.5. The highest BCUT2D eigenvalue weighted by molar-refractivity contribution is 5.78. The van der Waals surface area contributed by atoms with Gasteiger partial charge in [0.2, 0.25) is 5.91 Å². The Morgan fingerprint density at radius 3 is 2.53 bits per heavy atom. The van der Waals surface area contributed by atoms with Crippen LogP contribution in [-0.4, -0.2) is 67.2 Å². The van der Waals surface area contributed by atoms with Crippen LogP contribution < -0.4 is 5.73 Å². The van der Waals surface area contributed by atoms with Gasteiger partial charge < -0.3 is 15.4 Å². The molecule has 110 valence electrons. The Hall–Kier alpha value is -0.650. The zero-order chi connectivity index (χ0) is 13.7. The number of carbonyl (C=O) groups excluding carboxylic acids is 1. The molecule has 2 fully saturated rings. The van der Waals surface area contributed by atoms with Crippen molar-refractivity contribution in [3.05, 3.63) is 0 Å². The first-order valence-electron chi connectivity index (χ1n) is 7.54. The van der Waals surface area contributed by atoms with Gasteiger partial charge in [-0.2, -0.15) is 0 Å². The Labute approximate surface area is 116 Å². The molecule has 0 aromatic heterocycles. The van der Waals surface area contributed by atoms with Crippen molar-refractivity contribution in [2.45, 2.75) is 44.8 Å². The maximum atomic E-state index is 12.3. The average molecular weight is 269 g/mol. The molecule has 0 aromatic rings. The van der Waals surface area contributed by atoms with Crippen LogP contribution in [0.15, 0.2) is 0 Å². The molecule has 2 saturated heterocycles. The lowest BCUT2D eigenvalue weighted by molar-refractivity contribution is -0.136. The minimum Gasteiger partial charge on any atom is -0.371 e. The van der Waals surface area contributed by atoms with Crippen molar-refractivity contribution < 1.29 is 9.53 Å². The standard InChI is InChI=1S/C14H27N3O2/c1-12-9-16(10-13(8-15)19-12)11-14(18)17-6-4-2-3-5-7-17/h12-13H,2-11,15H2,1H3. The molecule has 19 heavy (non-hydrogen) atoms. The molecule has 0 aromatic carbocycles. The van der Waals surface area contributed by atoms with E-state index in [1.54, 1.807) is 0 Å². The van der Waals surface area contributed by atoms with Crippen LogP contribution in [0.5, 0.6) is 0 Å². The van der Waals surface area contributed by atoms with Gasteiger partial charge in [-0.15, -0.1) is 0 Å². The van der Waals surface area contributed by atoms with Crippen molar-refractivity contribution in [1.29, 1.82) is 0 Å². The van der Waals surface area contributed by atoms with Gasteiger partial charge in [0.05, 0.1) is 18.8 Å². The summed E-state index contributed by atoms with van der Waals surface area (Å²) in [6, 6.07) is 0. The van der Waals surface area contributed by atoms with E-state index < -0.39 is 0 Å². The van der Waals surface area contributed by atoms with E-state index in [2.05, 4.69) is 4.90 Å². The first kappa shape index (κ1) is 14.8. The van der Waals surface area contributed by atoms with Crippen LogP contribution in [-0.2, 0) is 9.53 Å². The van der Waals surface area contributed by atoms with E-state index in [1.165, 1.54) is 12.8 Å². The maximum Gasteiger partial charge on any atom is 0.236 e. The Morgan fingerprint density at radius 2 is 1.89 bits per heavy atom. The summed E-state index contributed by atoms with van der Waals surface area (Å²) in [5.41, 5.74) is 5.67. The smallest absolute Gasteiger partial charge is 0.236 e. The van der Waals surface area contributed by atoms with E-state index in [0.717, 1.165) is 39.0 Å². The van der Waals surface area contributed by atoms with Crippen molar-refractivity contribution in [3.8, 4) is 0 Å². The van der Waals surface area contributed by atoms with Crippen LogP contribution in [0.2, 0.25) is 0 Å².